The number of hydrogen-bond acceptors (Lipinski definition) is 7. The quantitative estimate of drug-likeness (QED) is 0.338. The molecule has 0 aliphatic rings. The lowest BCUT2D eigenvalue weighted by molar-refractivity contribution is -0.00181. The Balaban J connectivity index is 2.11. The van der Waals surface area contributed by atoms with Gasteiger partial charge in [-0.05, 0) is 69.4 Å². The summed E-state index contributed by atoms with van der Waals surface area (Å²) in [6.07, 6.45) is 1.86. The summed E-state index contributed by atoms with van der Waals surface area (Å²) in [4.78, 5) is 11.2. The van der Waals surface area contributed by atoms with Crippen molar-refractivity contribution in [2.75, 3.05) is 34.9 Å². The third-order valence-electron chi connectivity index (χ3n) is 6.80. The predicted octanol–water partition coefficient (Wildman–Crippen LogP) is 4.94. The van der Waals surface area contributed by atoms with Crippen molar-refractivity contribution in [1.82, 2.24) is 14.9 Å². The molecule has 0 bridgehead atoms. The summed E-state index contributed by atoms with van der Waals surface area (Å²) in [6, 6.07) is 17.6. The van der Waals surface area contributed by atoms with Crippen LogP contribution in [0.25, 0.3) is 10.9 Å². The normalized spacial score (nSPS) is 13.7. The first-order chi connectivity index (χ1) is 18.2. The van der Waals surface area contributed by atoms with E-state index in [1.54, 1.807) is 42.6 Å². The molecule has 7 nitrogen and oxygen atoms in total. The molecule has 2 unspecified atom stereocenters. The maximum atomic E-state index is 16.1. The van der Waals surface area contributed by atoms with Crippen LogP contribution < -0.4 is 9.47 Å². The van der Waals surface area contributed by atoms with Crippen LogP contribution in [-0.4, -0.2) is 54.8 Å². The lowest BCUT2D eigenvalue weighted by Gasteiger charge is -2.38. The van der Waals surface area contributed by atoms with Gasteiger partial charge in [-0.1, -0.05) is 18.2 Å². The molecule has 0 saturated carbocycles. The van der Waals surface area contributed by atoms with E-state index in [0.717, 1.165) is 5.56 Å². The second-order valence-corrected chi connectivity index (χ2v) is 9.55. The molecule has 4 rings (SSSR count). The van der Waals surface area contributed by atoms with Gasteiger partial charge in [0.15, 0.2) is 11.6 Å². The molecule has 1 N–H and O–H groups in total. The van der Waals surface area contributed by atoms with Crippen molar-refractivity contribution in [3.63, 3.8) is 0 Å². The number of halogens is 1. The molecule has 0 fully saturated rings. The Morgan fingerprint density at radius 3 is 2.53 bits per heavy atom. The van der Waals surface area contributed by atoms with Crippen molar-refractivity contribution in [1.29, 1.82) is 5.26 Å². The number of aromatic nitrogens is 2. The largest absolute Gasteiger partial charge is 0.494 e. The number of hydrogen-bond donors (Lipinski definition) is 1. The van der Waals surface area contributed by atoms with Crippen LogP contribution in [0.3, 0.4) is 0 Å². The lowest BCUT2D eigenvalue weighted by Crippen LogP contribution is -2.39. The Kier molecular flexibility index (Phi) is 7.91. The van der Waals surface area contributed by atoms with Crippen molar-refractivity contribution >= 4 is 10.9 Å². The van der Waals surface area contributed by atoms with Gasteiger partial charge in [-0.2, -0.15) is 5.26 Å². The SMILES string of the molecule is COc1cccc(C(c2cc3cc(C#N)ccc3nc2OC)C(O)(CCN(C)C)c2ncccc2C)c1F. The summed E-state index contributed by atoms with van der Waals surface area (Å²) >= 11 is 0. The van der Waals surface area contributed by atoms with E-state index in [-0.39, 0.29) is 23.6 Å². The highest BCUT2D eigenvalue weighted by Crippen LogP contribution is 2.49. The Morgan fingerprint density at radius 1 is 1.08 bits per heavy atom. The summed E-state index contributed by atoms with van der Waals surface area (Å²) in [7, 11) is 6.72. The minimum atomic E-state index is -1.67. The fourth-order valence-electron chi connectivity index (χ4n) is 4.94. The fraction of sp³-hybridized carbons (Fsp3) is 0.300. The van der Waals surface area contributed by atoms with Gasteiger partial charge >= 0.3 is 0 Å². The number of pyridine rings is 2. The molecule has 0 saturated heterocycles. The van der Waals surface area contributed by atoms with Crippen LogP contribution >= 0.6 is 0 Å². The van der Waals surface area contributed by atoms with Gasteiger partial charge in [-0.3, -0.25) is 4.98 Å². The first-order valence-electron chi connectivity index (χ1n) is 12.2. The summed E-state index contributed by atoms with van der Waals surface area (Å²) in [5, 5.41) is 22.9. The van der Waals surface area contributed by atoms with Gasteiger partial charge in [0.25, 0.3) is 0 Å². The number of methoxy groups -OCH3 is 2. The van der Waals surface area contributed by atoms with Gasteiger partial charge in [0, 0.05) is 29.3 Å². The van der Waals surface area contributed by atoms with Crippen LogP contribution in [0.5, 0.6) is 11.6 Å². The fourth-order valence-corrected chi connectivity index (χ4v) is 4.94. The first-order valence-corrected chi connectivity index (χ1v) is 12.2. The number of aliphatic hydroxyl groups is 1. The van der Waals surface area contributed by atoms with E-state index in [9.17, 15) is 10.4 Å². The highest BCUT2D eigenvalue weighted by molar-refractivity contribution is 5.82. The van der Waals surface area contributed by atoms with Crippen molar-refractivity contribution in [2.24, 2.45) is 0 Å². The van der Waals surface area contributed by atoms with Gasteiger partial charge in [0.05, 0.1) is 43.0 Å². The molecule has 196 valence electrons. The van der Waals surface area contributed by atoms with Gasteiger partial charge in [0.2, 0.25) is 5.88 Å². The van der Waals surface area contributed by atoms with E-state index in [2.05, 4.69) is 16.0 Å². The van der Waals surface area contributed by atoms with Crippen LogP contribution in [0.2, 0.25) is 0 Å². The molecule has 2 atom stereocenters. The second-order valence-electron chi connectivity index (χ2n) is 9.55. The Hall–Kier alpha value is -4.06. The van der Waals surface area contributed by atoms with Crippen LogP contribution in [-0.2, 0) is 5.60 Å². The molecule has 0 aliphatic carbocycles. The van der Waals surface area contributed by atoms with E-state index < -0.39 is 17.3 Å². The minimum Gasteiger partial charge on any atom is -0.494 e. The zero-order chi connectivity index (χ0) is 27.4. The highest BCUT2D eigenvalue weighted by Gasteiger charge is 2.45. The number of rotatable bonds is 9. The van der Waals surface area contributed by atoms with Crippen molar-refractivity contribution < 1.29 is 19.0 Å². The zero-order valence-electron chi connectivity index (χ0n) is 22.2. The molecule has 2 heterocycles. The number of nitrogens with zero attached hydrogens (tertiary/aromatic N) is 4. The third-order valence-corrected chi connectivity index (χ3v) is 6.80. The highest BCUT2D eigenvalue weighted by atomic mass is 19.1. The van der Waals surface area contributed by atoms with Gasteiger partial charge in [-0.15, -0.1) is 0 Å². The number of nitriles is 1. The van der Waals surface area contributed by atoms with E-state index in [1.165, 1.54) is 20.3 Å². The third kappa shape index (κ3) is 5.03. The average Bonchev–Trinajstić information content (AvgIpc) is 2.92. The second kappa shape index (κ2) is 11.1. The summed E-state index contributed by atoms with van der Waals surface area (Å²) in [6.45, 7) is 2.37. The van der Waals surface area contributed by atoms with Crippen LogP contribution in [0.15, 0.2) is 60.8 Å². The zero-order valence-corrected chi connectivity index (χ0v) is 22.2. The smallest absolute Gasteiger partial charge is 0.217 e. The maximum Gasteiger partial charge on any atom is 0.217 e. The molecule has 0 spiro atoms. The van der Waals surface area contributed by atoms with E-state index in [1.807, 2.05) is 38.1 Å². The lowest BCUT2D eigenvalue weighted by atomic mass is 9.72. The molecular formula is C30H31FN4O3. The Morgan fingerprint density at radius 2 is 1.87 bits per heavy atom. The molecule has 8 heteroatoms. The first kappa shape index (κ1) is 27.0. The van der Waals surface area contributed by atoms with E-state index in [0.29, 0.717) is 34.3 Å². The van der Waals surface area contributed by atoms with Crippen LogP contribution in [0.4, 0.5) is 4.39 Å². The summed E-state index contributed by atoms with van der Waals surface area (Å²) in [5.41, 5.74) is 1.28. The van der Waals surface area contributed by atoms with Crippen molar-refractivity contribution in [3.05, 3.63) is 94.6 Å². The van der Waals surface area contributed by atoms with E-state index in [4.69, 9.17) is 9.47 Å². The van der Waals surface area contributed by atoms with E-state index >= 15 is 4.39 Å². The van der Waals surface area contributed by atoms with Gasteiger partial charge in [0.1, 0.15) is 5.60 Å². The number of aryl methyl sites for hydroxylation is 1. The molecule has 4 aromatic rings. The Labute approximate surface area is 222 Å². The predicted molar refractivity (Wildman–Crippen MR) is 144 cm³/mol. The molecule has 0 aliphatic heterocycles. The topological polar surface area (TPSA) is 91.5 Å². The average molecular weight is 515 g/mol. The number of ether oxygens (including phenoxy) is 2. The number of benzene rings is 2. The molecule has 2 aromatic heterocycles. The van der Waals surface area contributed by atoms with Gasteiger partial charge in [-0.25, -0.2) is 9.37 Å². The summed E-state index contributed by atoms with van der Waals surface area (Å²) < 4.78 is 27.1. The molecule has 0 radical (unpaired) electrons. The molecular weight excluding hydrogens is 483 g/mol. The number of fused-ring (bicyclic) bond motifs is 1. The summed E-state index contributed by atoms with van der Waals surface area (Å²) in [5.74, 6) is -1.28. The molecule has 2 aromatic carbocycles. The van der Waals surface area contributed by atoms with Crippen LogP contribution in [0, 0.1) is 24.1 Å². The monoisotopic (exact) mass is 514 g/mol. The Bertz CT molecular complexity index is 1500. The minimum absolute atomic E-state index is 0.0553. The van der Waals surface area contributed by atoms with Crippen molar-refractivity contribution in [2.45, 2.75) is 24.9 Å². The van der Waals surface area contributed by atoms with Crippen LogP contribution in [0.1, 0.15) is 40.3 Å². The standard InChI is InChI=1S/C30H31FN4O3/c1-19-8-7-14-33-28(19)30(36,13-15-35(2)3)26(22-9-6-10-25(37-4)27(22)31)23-17-21-16-20(18-32)11-12-24(21)34-29(23)38-5/h6-12,14,16-17,26,36H,13,15H2,1-5H3. The van der Waals surface area contributed by atoms with Crippen molar-refractivity contribution in [3.8, 4) is 17.7 Å². The molecule has 0 amide bonds. The maximum absolute atomic E-state index is 16.1. The van der Waals surface area contributed by atoms with Gasteiger partial charge < -0.3 is 19.5 Å². The molecule has 38 heavy (non-hydrogen) atoms.